The van der Waals surface area contributed by atoms with Crippen LogP contribution in [0.5, 0.6) is 0 Å². The highest BCUT2D eigenvalue weighted by Gasteiger charge is 2.22. The van der Waals surface area contributed by atoms with Crippen molar-refractivity contribution >= 4 is 91.7 Å². The summed E-state index contributed by atoms with van der Waals surface area (Å²) >= 11 is 1.86. The molecule has 10 aromatic rings. The minimum Gasteiger partial charge on any atom is -0.307 e. The zero-order valence-electron chi connectivity index (χ0n) is 21.9. The van der Waals surface area contributed by atoms with E-state index < -0.39 is 0 Å². The predicted octanol–water partition coefficient (Wildman–Crippen LogP) is 10.3. The Labute approximate surface area is 238 Å². The first-order chi connectivity index (χ1) is 20.4. The molecule has 0 radical (unpaired) electrons. The lowest BCUT2D eigenvalue weighted by molar-refractivity contribution is 1.18. The largest absolute Gasteiger partial charge is 0.307 e. The van der Waals surface area contributed by atoms with Gasteiger partial charge in [-0.05, 0) is 47.9 Å². The van der Waals surface area contributed by atoms with Gasteiger partial charge in [0.25, 0.3) is 0 Å². The van der Waals surface area contributed by atoms with Gasteiger partial charge in [0, 0.05) is 47.4 Å². The topological polar surface area (TPSA) is 22.2 Å². The van der Waals surface area contributed by atoms with E-state index in [9.17, 15) is 0 Å². The van der Waals surface area contributed by atoms with E-state index in [2.05, 4.69) is 136 Å². The molecule has 0 bridgehead atoms. The number of hydrogen-bond acceptors (Lipinski definition) is 2. The first-order valence-electron chi connectivity index (χ1n) is 13.9. The lowest BCUT2D eigenvalue weighted by Crippen LogP contribution is -1.98. The third kappa shape index (κ3) is 2.70. The fourth-order valence-electron chi connectivity index (χ4n) is 7.02. The average Bonchev–Trinajstić information content (AvgIpc) is 3.71. The number of rotatable bonds is 1. The van der Waals surface area contributed by atoms with Crippen molar-refractivity contribution in [3.05, 3.63) is 127 Å². The Bertz CT molecular complexity index is 2690. The van der Waals surface area contributed by atoms with Crippen LogP contribution >= 0.6 is 11.3 Å². The number of nitrogens with zero attached hydrogens (tertiary/aromatic N) is 3. The number of benzene rings is 6. The zero-order valence-corrected chi connectivity index (χ0v) is 22.7. The van der Waals surface area contributed by atoms with Crippen LogP contribution in [0.1, 0.15) is 0 Å². The normalized spacial score (nSPS) is 12.4. The summed E-state index contributed by atoms with van der Waals surface area (Å²) in [6, 6.07) is 46.1. The summed E-state index contributed by atoms with van der Waals surface area (Å²) in [5.74, 6) is 0. The number of aromatic nitrogens is 3. The van der Waals surface area contributed by atoms with Gasteiger partial charge in [0.15, 0.2) is 0 Å². The summed E-state index contributed by atoms with van der Waals surface area (Å²) in [5.41, 5.74) is 7.92. The molecular weight excluding hydrogens is 518 g/mol. The first-order valence-corrected chi connectivity index (χ1v) is 14.7. The van der Waals surface area contributed by atoms with Crippen LogP contribution in [-0.4, -0.2) is 14.0 Å². The SMILES string of the molecule is c1ccc(-n2c3ccccc3c3ccc4c5ccc6sc7ccccc7c6c5c5nc6ccccc6n5c4c32)cc1. The Kier molecular flexibility index (Phi) is 4.07. The van der Waals surface area contributed by atoms with E-state index in [1.165, 1.54) is 63.7 Å². The second-order valence-electron chi connectivity index (χ2n) is 10.8. The second-order valence-corrected chi connectivity index (χ2v) is 11.8. The van der Waals surface area contributed by atoms with E-state index >= 15 is 0 Å². The summed E-state index contributed by atoms with van der Waals surface area (Å²) in [6.07, 6.45) is 0. The maximum Gasteiger partial charge on any atom is 0.147 e. The molecule has 6 aromatic carbocycles. The van der Waals surface area contributed by atoms with Crippen molar-refractivity contribution < 1.29 is 0 Å². The number of thiophene rings is 1. The van der Waals surface area contributed by atoms with Crippen LogP contribution in [0.25, 0.3) is 86.0 Å². The molecule has 4 aromatic heterocycles. The maximum atomic E-state index is 5.35. The van der Waals surface area contributed by atoms with Gasteiger partial charge < -0.3 is 4.57 Å². The highest BCUT2D eigenvalue weighted by Crippen LogP contribution is 2.45. The Morgan fingerprint density at radius 1 is 0.463 bits per heavy atom. The Balaban J connectivity index is 1.57. The van der Waals surface area contributed by atoms with Gasteiger partial charge in [-0.3, -0.25) is 4.40 Å². The Hall–Kier alpha value is -5.19. The quantitative estimate of drug-likeness (QED) is 0.190. The van der Waals surface area contributed by atoms with E-state index in [0.717, 1.165) is 22.4 Å². The number of fused-ring (bicyclic) bond motifs is 16. The van der Waals surface area contributed by atoms with Gasteiger partial charge in [0.2, 0.25) is 0 Å². The monoisotopic (exact) mass is 539 g/mol. The van der Waals surface area contributed by atoms with Gasteiger partial charge in [-0.15, -0.1) is 11.3 Å². The predicted molar refractivity (Wildman–Crippen MR) is 175 cm³/mol. The molecule has 0 amide bonds. The molecule has 10 rings (SSSR count). The van der Waals surface area contributed by atoms with E-state index in [-0.39, 0.29) is 0 Å². The molecule has 0 aliphatic rings. The molecular formula is C37H21N3S. The van der Waals surface area contributed by atoms with Crippen LogP contribution in [-0.2, 0) is 0 Å². The summed E-state index contributed by atoms with van der Waals surface area (Å²) in [6.45, 7) is 0. The molecule has 4 heteroatoms. The molecule has 0 aliphatic heterocycles. The molecule has 0 saturated carbocycles. The van der Waals surface area contributed by atoms with Crippen LogP contribution in [0.3, 0.4) is 0 Å². The van der Waals surface area contributed by atoms with Crippen LogP contribution in [0.2, 0.25) is 0 Å². The van der Waals surface area contributed by atoms with Gasteiger partial charge in [-0.1, -0.05) is 84.9 Å². The molecule has 0 aliphatic carbocycles. The standard InChI is InChI=1S/C37H21N3S/c1-2-10-22(11-3-1)39-29-15-7-4-12-23(29)25-18-19-26-24-20-21-32-33(27-13-5-9-17-31(27)41-32)34(24)37-38-28-14-6-8-16-30(28)40(37)36(26)35(25)39/h1-21H. The maximum absolute atomic E-state index is 5.35. The van der Waals surface area contributed by atoms with Crippen molar-refractivity contribution in [3.63, 3.8) is 0 Å². The minimum absolute atomic E-state index is 1.01. The molecule has 0 atom stereocenters. The van der Waals surface area contributed by atoms with Crippen molar-refractivity contribution in [2.75, 3.05) is 0 Å². The first kappa shape index (κ1) is 21.6. The van der Waals surface area contributed by atoms with Gasteiger partial charge in [0.1, 0.15) is 5.65 Å². The molecule has 0 unspecified atom stereocenters. The van der Waals surface area contributed by atoms with Crippen molar-refractivity contribution in [1.29, 1.82) is 0 Å². The number of imidazole rings is 1. The fourth-order valence-corrected chi connectivity index (χ4v) is 8.14. The van der Waals surface area contributed by atoms with E-state index in [1.807, 2.05) is 11.3 Å². The van der Waals surface area contributed by atoms with E-state index in [4.69, 9.17) is 4.98 Å². The summed E-state index contributed by atoms with van der Waals surface area (Å²) in [5, 5.41) is 8.80. The lowest BCUT2D eigenvalue weighted by Gasteiger charge is -2.14. The van der Waals surface area contributed by atoms with E-state index in [0.29, 0.717) is 0 Å². The highest BCUT2D eigenvalue weighted by atomic mass is 32.1. The van der Waals surface area contributed by atoms with Crippen LogP contribution in [0.4, 0.5) is 0 Å². The van der Waals surface area contributed by atoms with Gasteiger partial charge in [0.05, 0.1) is 27.6 Å². The smallest absolute Gasteiger partial charge is 0.147 e. The Morgan fingerprint density at radius 2 is 1.15 bits per heavy atom. The van der Waals surface area contributed by atoms with Crippen molar-refractivity contribution in [2.24, 2.45) is 0 Å². The van der Waals surface area contributed by atoms with Gasteiger partial charge in [-0.25, -0.2) is 4.98 Å². The van der Waals surface area contributed by atoms with Crippen molar-refractivity contribution in [2.45, 2.75) is 0 Å². The molecule has 0 fully saturated rings. The molecule has 0 N–H and O–H groups in total. The summed E-state index contributed by atoms with van der Waals surface area (Å²) < 4.78 is 7.47. The molecule has 3 nitrogen and oxygen atoms in total. The second kappa shape index (κ2) is 7.72. The van der Waals surface area contributed by atoms with Crippen LogP contribution in [0.15, 0.2) is 127 Å². The van der Waals surface area contributed by atoms with Crippen LogP contribution in [0, 0.1) is 0 Å². The van der Waals surface area contributed by atoms with Gasteiger partial charge in [-0.2, -0.15) is 0 Å². The third-order valence-electron chi connectivity index (χ3n) is 8.67. The summed E-state index contributed by atoms with van der Waals surface area (Å²) in [4.78, 5) is 5.35. The number of pyridine rings is 1. The molecule has 41 heavy (non-hydrogen) atoms. The van der Waals surface area contributed by atoms with Crippen molar-refractivity contribution in [3.8, 4) is 5.69 Å². The lowest BCUT2D eigenvalue weighted by atomic mass is 9.99. The van der Waals surface area contributed by atoms with E-state index in [1.54, 1.807) is 0 Å². The van der Waals surface area contributed by atoms with Crippen LogP contribution < -0.4 is 0 Å². The Morgan fingerprint density at radius 3 is 2.02 bits per heavy atom. The van der Waals surface area contributed by atoms with Gasteiger partial charge >= 0.3 is 0 Å². The zero-order chi connectivity index (χ0) is 26.7. The molecule has 190 valence electrons. The highest BCUT2D eigenvalue weighted by molar-refractivity contribution is 7.26. The molecule has 0 saturated heterocycles. The third-order valence-corrected chi connectivity index (χ3v) is 9.80. The summed E-state index contributed by atoms with van der Waals surface area (Å²) in [7, 11) is 0. The molecule has 4 heterocycles. The van der Waals surface area contributed by atoms with Crippen molar-refractivity contribution in [1.82, 2.24) is 14.0 Å². The minimum atomic E-state index is 1.01. The fraction of sp³-hybridized carbons (Fsp3) is 0. The number of hydrogen-bond donors (Lipinski definition) is 0. The number of para-hydroxylation sites is 4. The molecule has 0 spiro atoms. The average molecular weight is 540 g/mol.